The molecule has 0 N–H and O–H groups in total. The monoisotopic (exact) mass is 525 g/mol. The molecule has 6 nitrogen and oxygen atoms in total. The summed E-state index contributed by atoms with van der Waals surface area (Å²) in [5.74, 6) is -0.667. The molecule has 2 aromatic carbocycles. The average molecular weight is 526 g/mol. The van der Waals surface area contributed by atoms with Crippen LogP contribution in [0.1, 0.15) is 62.5 Å². The van der Waals surface area contributed by atoms with Crippen LogP contribution in [0.3, 0.4) is 0 Å². The third-order valence-electron chi connectivity index (χ3n) is 7.19. The molecule has 0 bridgehead atoms. The highest BCUT2D eigenvalue weighted by atomic mass is 35.5. The third kappa shape index (κ3) is 4.28. The van der Waals surface area contributed by atoms with E-state index in [4.69, 9.17) is 15.8 Å². The van der Waals surface area contributed by atoms with Crippen LogP contribution < -0.4 is 4.18 Å². The van der Waals surface area contributed by atoms with Crippen LogP contribution in [-0.2, 0) is 19.7 Å². The normalized spacial score (nSPS) is 18.9. The van der Waals surface area contributed by atoms with Gasteiger partial charge in [0.2, 0.25) is 0 Å². The second-order valence-electron chi connectivity index (χ2n) is 9.48. The second kappa shape index (κ2) is 9.52. The van der Waals surface area contributed by atoms with Crippen LogP contribution >= 0.6 is 11.6 Å². The van der Waals surface area contributed by atoms with Gasteiger partial charge in [0, 0.05) is 58.4 Å². The lowest BCUT2D eigenvalue weighted by atomic mass is 9.70. The number of halogens is 1. The molecule has 0 unspecified atom stereocenters. The molecule has 0 radical (unpaired) electrons. The lowest BCUT2D eigenvalue weighted by Crippen LogP contribution is -2.39. The van der Waals surface area contributed by atoms with Crippen LogP contribution in [0, 0.1) is 6.92 Å². The topological polar surface area (TPSA) is 80.8 Å². The summed E-state index contributed by atoms with van der Waals surface area (Å²) in [5.41, 5.74) is 4.35. The fraction of sp³-hybridized carbons (Fsp3) is 0.357. The van der Waals surface area contributed by atoms with Gasteiger partial charge in [0.15, 0.2) is 11.6 Å². The fourth-order valence-electron chi connectivity index (χ4n) is 5.60. The molecule has 0 amide bonds. The number of hydrogen-bond acceptors (Lipinski definition) is 6. The van der Waals surface area contributed by atoms with Crippen LogP contribution in [0.5, 0.6) is 5.75 Å². The van der Waals surface area contributed by atoms with E-state index in [1.807, 2.05) is 13.8 Å². The molecule has 8 heteroatoms. The molecular weight excluding hydrogens is 498 g/mol. The zero-order valence-corrected chi connectivity index (χ0v) is 21.9. The van der Waals surface area contributed by atoms with Gasteiger partial charge in [0.05, 0.1) is 0 Å². The quantitative estimate of drug-likeness (QED) is 0.455. The summed E-state index contributed by atoms with van der Waals surface area (Å²) < 4.78 is 32.1. The Hall–Kier alpha value is -2.90. The molecule has 0 saturated heterocycles. The number of aryl methyl sites for hydroxylation is 1. The van der Waals surface area contributed by atoms with Crippen molar-refractivity contribution < 1.29 is 22.2 Å². The SMILES string of the molecule is CCN1C2=C(C(=O)CCC2)C(c2cc(Cl)ccc2OS(=O)(=O)c2ccc(C)cc2)C2=C1CCCC2=O. The minimum atomic E-state index is -4.16. The highest BCUT2D eigenvalue weighted by molar-refractivity contribution is 7.87. The molecule has 5 rings (SSSR count). The van der Waals surface area contributed by atoms with Crippen LogP contribution in [0.25, 0.3) is 0 Å². The number of nitrogens with zero attached hydrogens (tertiary/aromatic N) is 1. The van der Waals surface area contributed by atoms with Gasteiger partial charge in [-0.05, 0) is 69.9 Å². The van der Waals surface area contributed by atoms with E-state index in [1.165, 1.54) is 18.2 Å². The molecule has 0 fully saturated rings. The number of ketones is 2. The van der Waals surface area contributed by atoms with Crippen LogP contribution in [0.4, 0.5) is 0 Å². The smallest absolute Gasteiger partial charge is 0.339 e. The van der Waals surface area contributed by atoms with Gasteiger partial charge in [-0.3, -0.25) is 9.59 Å². The van der Waals surface area contributed by atoms with Gasteiger partial charge in [0.25, 0.3) is 0 Å². The van der Waals surface area contributed by atoms with Crippen molar-refractivity contribution in [2.45, 2.75) is 63.2 Å². The minimum Gasteiger partial charge on any atom is -0.379 e. The van der Waals surface area contributed by atoms with E-state index in [0.717, 1.165) is 42.6 Å². The largest absolute Gasteiger partial charge is 0.379 e. The average Bonchev–Trinajstić information content (AvgIpc) is 2.84. The van der Waals surface area contributed by atoms with Crippen molar-refractivity contribution in [3.63, 3.8) is 0 Å². The highest BCUT2D eigenvalue weighted by Gasteiger charge is 2.44. The molecule has 2 aliphatic carbocycles. The second-order valence-corrected chi connectivity index (χ2v) is 11.5. The number of benzene rings is 2. The Balaban J connectivity index is 1.70. The Kier molecular flexibility index (Phi) is 6.55. The molecule has 188 valence electrons. The number of carbonyl (C=O) groups is 2. The highest BCUT2D eigenvalue weighted by Crippen LogP contribution is 2.51. The lowest BCUT2D eigenvalue weighted by molar-refractivity contribution is -0.117. The Bertz CT molecular complexity index is 1380. The van der Waals surface area contributed by atoms with Gasteiger partial charge in [-0.25, -0.2) is 0 Å². The molecule has 36 heavy (non-hydrogen) atoms. The van der Waals surface area contributed by atoms with Crippen molar-refractivity contribution >= 4 is 33.3 Å². The Labute approximate surface area is 216 Å². The van der Waals surface area contributed by atoms with Crippen molar-refractivity contribution in [1.82, 2.24) is 4.90 Å². The van der Waals surface area contributed by atoms with Gasteiger partial charge in [-0.15, -0.1) is 0 Å². The van der Waals surface area contributed by atoms with Crippen LogP contribution in [0.2, 0.25) is 5.02 Å². The van der Waals surface area contributed by atoms with Gasteiger partial charge in [0.1, 0.15) is 10.6 Å². The summed E-state index contributed by atoms with van der Waals surface area (Å²) in [5, 5.41) is 0.374. The summed E-state index contributed by atoms with van der Waals surface area (Å²) in [6.07, 6.45) is 3.74. The molecule has 0 saturated carbocycles. The predicted molar refractivity (Wildman–Crippen MR) is 137 cm³/mol. The molecular formula is C28H28ClNO5S. The van der Waals surface area contributed by atoms with Crippen LogP contribution in [-0.4, -0.2) is 31.4 Å². The fourth-order valence-corrected chi connectivity index (χ4v) is 6.74. The zero-order valence-electron chi connectivity index (χ0n) is 20.3. The molecule has 2 aromatic rings. The first kappa shape index (κ1) is 24.8. The van der Waals surface area contributed by atoms with Crippen molar-refractivity contribution in [2.24, 2.45) is 0 Å². The van der Waals surface area contributed by atoms with Gasteiger partial charge in [-0.1, -0.05) is 29.3 Å². The molecule has 1 aliphatic heterocycles. The zero-order chi connectivity index (χ0) is 25.6. The summed E-state index contributed by atoms with van der Waals surface area (Å²) in [6.45, 7) is 4.55. The molecule has 0 atom stereocenters. The Morgan fingerprint density at radius 2 is 1.50 bits per heavy atom. The summed E-state index contributed by atoms with van der Waals surface area (Å²) in [4.78, 5) is 28.9. The minimum absolute atomic E-state index is 0.0167. The van der Waals surface area contributed by atoms with Crippen molar-refractivity contribution in [3.8, 4) is 5.75 Å². The first-order valence-corrected chi connectivity index (χ1v) is 14.1. The third-order valence-corrected chi connectivity index (χ3v) is 8.68. The van der Waals surface area contributed by atoms with E-state index in [9.17, 15) is 18.0 Å². The van der Waals surface area contributed by atoms with Crippen LogP contribution in [0.15, 0.2) is 69.9 Å². The number of carbonyl (C=O) groups excluding carboxylic acids is 2. The maximum Gasteiger partial charge on any atom is 0.339 e. The Morgan fingerprint density at radius 3 is 2.06 bits per heavy atom. The summed E-state index contributed by atoms with van der Waals surface area (Å²) in [7, 11) is -4.16. The summed E-state index contributed by atoms with van der Waals surface area (Å²) in [6, 6.07) is 11.1. The van der Waals surface area contributed by atoms with E-state index < -0.39 is 16.0 Å². The summed E-state index contributed by atoms with van der Waals surface area (Å²) >= 11 is 6.40. The van der Waals surface area contributed by atoms with Crippen molar-refractivity contribution in [1.29, 1.82) is 0 Å². The first-order valence-electron chi connectivity index (χ1n) is 12.3. The number of allylic oxidation sites excluding steroid dienone is 4. The number of rotatable bonds is 5. The first-order chi connectivity index (χ1) is 17.2. The Morgan fingerprint density at radius 1 is 0.917 bits per heavy atom. The van der Waals surface area contributed by atoms with Gasteiger partial charge in [-0.2, -0.15) is 8.42 Å². The lowest BCUT2D eigenvalue weighted by Gasteiger charge is -2.43. The molecule has 0 aromatic heterocycles. The van der Waals surface area contributed by atoms with E-state index in [-0.39, 0.29) is 22.2 Å². The van der Waals surface area contributed by atoms with E-state index >= 15 is 0 Å². The van der Waals surface area contributed by atoms with E-state index in [2.05, 4.69) is 4.90 Å². The standard InChI is InChI=1S/C28H28ClNO5S/c1-3-30-21-6-4-8-23(31)27(21)26(28-22(30)7-5-9-24(28)32)20-16-18(29)12-15-25(20)35-36(33,34)19-13-10-17(2)11-14-19/h10-16,26H,3-9H2,1-2H3. The molecule has 3 aliphatic rings. The number of Topliss-reactive ketones (excluding diaryl/α,β-unsaturated/α-hetero) is 2. The van der Waals surface area contributed by atoms with Crippen molar-refractivity contribution in [2.75, 3.05) is 6.54 Å². The van der Waals surface area contributed by atoms with E-state index in [0.29, 0.717) is 41.1 Å². The molecule has 0 spiro atoms. The maximum absolute atomic E-state index is 13.4. The number of hydrogen-bond donors (Lipinski definition) is 0. The van der Waals surface area contributed by atoms with Gasteiger partial charge >= 0.3 is 10.1 Å². The van der Waals surface area contributed by atoms with Crippen molar-refractivity contribution in [3.05, 3.63) is 81.2 Å². The molecule has 1 heterocycles. The van der Waals surface area contributed by atoms with E-state index in [1.54, 1.807) is 24.3 Å². The maximum atomic E-state index is 13.4. The predicted octanol–water partition coefficient (Wildman–Crippen LogP) is 5.85. The van der Waals surface area contributed by atoms with Gasteiger partial charge < -0.3 is 9.08 Å².